The molecule has 0 saturated heterocycles. The molecule has 2 aliphatic carbocycles. The van der Waals surface area contributed by atoms with Crippen LogP contribution in [0.3, 0.4) is 0 Å². The number of thioether (sulfide) groups is 1. The first kappa shape index (κ1) is 20.5. The van der Waals surface area contributed by atoms with Gasteiger partial charge in [0, 0.05) is 18.7 Å². The maximum atomic E-state index is 12.7. The molecule has 1 aromatic carbocycles. The lowest BCUT2D eigenvalue weighted by Crippen LogP contribution is -2.38. The van der Waals surface area contributed by atoms with E-state index in [2.05, 4.69) is 32.2 Å². The lowest BCUT2D eigenvalue weighted by molar-refractivity contribution is -0.128. The Bertz CT molecular complexity index is 796. The predicted octanol–water partition coefficient (Wildman–Crippen LogP) is 4.69. The summed E-state index contributed by atoms with van der Waals surface area (Å²) >= 11 is 1.82. The number of carbonyl (C=O) groups excluding carboxylic acids is 1. The van der Waals surface area contributed by atoms with Gasteiger partial charge in [0.05, 0.1) is 6.04 Å². The van der Waals surface area contributed by atoms with E-state index in [1.165, 1.54) is 37.7 Å². The molecule has 2 aromatic rings. The van der Waals surface area contributed by atoms with Crippen LogP contribution in [0.15, 0.2) is 35.5 Å². The van der Waals surface area contributed by atoms with Crippen LogP contribution in [0.1, 0.15) is 68.8 Å². The molecule has 0 bridgehead atoms. The number of aromatic nitrogens is 3. The number of benzene rings is 1. The van der Waals surface area contributed by atoms with E-state index in [-0.39, 0.29) is 17.9 Å². The molecule has 1 amide bonds. The molecule has 2 aliphatic rings. The summed E-state index contributed by atoms with van der Waals surface area (Å²) in [4.78, 5) is 12.7. The lowest BCUT2D eigenvalue weighted by Gasteiger charge is -2.27. The average molecular weight is 413 g/mol. The Morgan fingerprint density at radius 3 is 2.55 bits per heavy atom. The smallest absolute Gasteiger partial charge is 0.223 e. The normalized spacial score (nSPS) is 18.9. The van der Waals surface area contributed by atoms with Crippen LogP contribution in [0.5, 0.6) is 0 Å². The summed E-state index contributed by atoms with van der Waals surface area (Å²) in [6, 6.07) is 10.2. The van der Waals surface area contributed by atoms with Gasteiger partial charge in [-0.2, -0.15) is 0 Å². The third kappa shape index (κ3) is 5.21. The number of amides is 1. The maximum absolute atomic E-state index is 12.7. The first-order valence-corrected chi connectivity index (χ1v) is 12.1. The van der Waals surface area contributed by atoms with Crippen molar-refractivity contribution >= 4 is 17.7 Å². The maximum Gasteiger partial charge on any atom is 0.223 e. The van der Waals surface area contributed by atoms with Gasteiger partial charge < -0.3 is 9.88 Å². The van der Waals surface area contributed by atoms with Gasteiger partial charge in [0.2, 0.25) is 5.91 Å². The van der Waals surface area contributed by atoms with E-state index in [1.54, 1.807) is 0 Å². The van der Waals surface area contributed by atoms with Crippen LogP contribution in [0.4, 0.5) is 0 Å². The van der Waals surface area contributed by atoms with Gasteiger partial charge in [-0.15, -0.1) is 10.2 Å². The van der Waals surface area contributed by atoms with Crippen molar-refractivity contribution in [3.8, 4) is 0 Å². The van der Waals surface area contributed by atoms with Crippen molar-refractivity contribution in [2.45, 2.75) is 69.0 Å². The summed E-state index contributed by atoms with van der Waals surface area (Å²) in [5.41, 5.74) is 1.20. The van der Waals surface area contributed by atoms with Crippen LogP contribution in [0.2, 0.25) is 0 Å². The molecular formula is C23H32N4OS. The highest BCUT2D eigenvalue weighted by Gasteiger charge is 2.29. The second kappa shape index (κ2) is 9.79. The molecule has 5 nitrogen and oxygen atoms in total. The quantitative estimate of drug-likeness (QED) is 0.639. The molecule has 0 radical (unpaired) electrons. The summed E-state index contributed by atoms with van der Waals surface area (Å²) < 4.78 is 2.09. The van der Waals surface area contributed by atoms with E-state index in [1.807, 2.05) is 37.0 Å². The molecule has 0 aliphatic heterocycles. The average Bonchev–Trinajstić information content (AvgIpc) is 3.06. The third-order valence-electron chi connectivity index (χ3n) is 6.43. The van der Waals surface area contributed by atoms with Crippen molar-refractivity contribution in [2.75, 3.05) is 5.75 Å². The summed E-state index contributed by atoms with van der Waals surface area (Å²) in [6.45, 7) is 0. The molecule has 4 rings (SSSR count). The van der Waals surface area contributed by atoms with E-state index in [0.29, 0.717) is 0 Å². The monoisotopic (exact) mass is 412 g/mol. The number of hydrogen-bond donors (Lipinski definition) is 1. The molecule has 0 spiro atoms. The van der Waals surface area contributed by atoms with E-state index in [0.717, 1.165) is 48.3 Å². The molecule has 6 heteroatoms. The number of nitrogens with one attached hydrogen (secondary N) is 1. The zero-order chi connectivity index (χ0) is 20.1. The number of rotatable bonds is 8. The Hall–Kier alpha value is -1.82. The molecule has 1 unspecified atom stereocenters. The van der Waals surface area contributed by atoms with Gasteiger partial charge in [-0.05, 0) is 43.6 Å². The van der Waals surface area contributed by atoms with Crippen molar-refractivity contribution < 1.29 is 4.79 Å². The Labute approximate surface area is 178 Å². The van der Waals surface area contributed by atoms with Gasteiger partial charge >= 0.3 is 0 Å². The molecule has 29 heavy (non-hydrogen) atoms. The summed E-state index contributed by atoms with van der Waals surface area (Å²) in [7, 11) is 2.03. The largest absolute Gasteiger partial charge is 0.345 e. The number of hydrogen-bond acceptors (Lipinski definition) is 4. The highest BCUT2D eigenvalue weighted by atomic mass is 32.2. The molecule has 1 heterocycles. The van der Waals surface area contributed by atoms with Gasteiger partial charge in [0.25, 0.3) is 0 Å². The molecule has 156 valence electrons. The summed E-state index contributed by atoms with van der Waals surface area (Å²) in [5, 5.41) is 13.2. The molecular weight excluding hydrogens is 380 g/mol. The van der Waals surface area contributed by atoms with Gasteiger partial charge in [-0.1, -0.05) is 67.8 Å². The second-order valence-electron chi connectivity index (χ2n) is 8.59. The predicted molar refractivity (Wildman–Crippen MR) is 117 cm³/mol. The zero-order valence-electron chi connectivity index (χ0n) is 17.3. The standard InChI is InChI=1S/C23H32N4OS/c1-27-21(25-26-23(27)29-16-18-11-6-3-7-12-18)20(15-17-9-4-2-5-10-17)24-22(28)19-13-8-14-19/h2,4-5,9-10,18-20H,3,6-8,11-16H2,1H3,(H,24,28). The van der Waals surface area contributed by atoms with Crippen molar-refractivity contribution in [3.05, 3.63) is 41.7 Å². The van der Waals surface area contributed by atoms with Crippen molar-refractivity contribution in [1.82, 2.24) is 20.1 Å². The van der Waals surface area contributed by atoms with Crippen LogP contribution >= 0.6 is 11.8 Å². The van der Waals surface area contributed by atoms with E-state index in [9.17, 15) is 4.79 Å². The summed E-state index contributed by atoms with van der Waals surface area (Å²) in [6.07, 6.45) is 10.7. The van der Waals surface area contributed by atoms with Crippen LogP contribution in [-0.2, 0) is 18.3 Å². The molecule has 1 atom stereocenters. The van der Waals surface area contributed by atoms with Crippen LogP contribution in [-0.4, -0.2) is 26.4 Å². The van der Waals surface area contributed by atoms with E-state index >= 15 is 0 Å². The first-order chi connectivity index (χ1) is 14.2. The minimum absolute atomic E-state index is 0.146. The Morgan fingerprint density at radius 1 is 1.10 bits per heavy atom. The Balaban J connectivity index is 1.46. The van der Waals surface area contributed by atoms with Gasteiger partial charge in [-0.3, -0.25) is 4.79 Å². The molecule has 1 aromatic heterocycles. The topological polar surface area (TPSA) is 59.8 Å². The molecule has 2 fully saturated rings. The second-order valence-corrected chi connectivity index (χ2v) is 9.58. The van der Waals surface area contributed by atoms with Crippen molar-refractivity contribution in [2.24, 2.45) is 18.9 Å². The summed E-state index contributed by atoms with van der Waals surface area (Å²) in [5.74, 6) is 3.10. The molecule has 2 saturated carbocycles. The highest BCUT2D eigenvalue weighted by molar-refractivity contribution is 7.99. The van der Waals surface area contributed by atoms with E-state index in [4.69, 9.17) is 0 Å². The SMILES string of the molecule is Cn1c(SCC2CCCCC2)nnc1C(Cc1ccccc1)NC(=O)C1CCC1. The zero-order valence-corrected chi connectivity index (χ0v) is 18.2. The molecule has 1 N–H and O–H groups in total. The van der Waals surface area contributed by atoms with Crippen LogP contribution < -0.4 is 5.32 Å². The fourth-order valence-electron chi connectivity index (χ4n) is 4.32. The fraction of sp³-hybridized carbons (Fsp3) is 0.609. The highest BCUT2D eigenvalue weighted by Crippen LogP contribution is 2.31. The van der Waals surface area contributed by atoms with E-state index < -0.39 is 0 Å². The minimum Gasteiger partial charge on any atom is -0.345 e. The van der Waals surface area contributed by atoms with Crippen LogP contribution in [0, 0.1) is 11.8 Å². The van der Waals surface area contributed by atoms with Crippen LogP contribution in [0.25, 0.3) is 0 Å². The van der Waals surface area contributed by atoms with Crippen molar-refractivity contribution in [1.29, 1.82) is 0 Å². The van der Waals surface area contributed by atoms with Gasteiger partial charge in [0.15, 0.2) is 11.0 Å². The Morgan fingerprint density at radius 2 is 1.86 bits per heavy atom. The van der Waals surface area contributed by atoms with Gasteiger partial charge in [0.1, 0.15) is 0 Å². The Kier molecular flexibility index (Phi) is 6.90. The van der Waals surface area contributed by atoms with Gasteiger partial charge in [-0.25, -0.2) is 0 Å². The third-order valence-corrected chi connectivity index (χ3v) is 7.68. The number of nitrogens with zero attached hydrogens (tertiary/aromatic N) is 3. The lowest BCUT2D eigenvalue weighted by atomic mass is 9.84. The first-order valence-electron chi connectivity index (χ1n) is 11.1. The number of carbonyl (C=O) groups is 1. The minimum atomic E-state index is -0.146. The fourth-order valence-corrected chi connectivity index (χ4v) is 5.42. The van der Waals surface area contributed by atoms with Crippen molar-refractivity contribution in [3.63, 3.8) is 0 Å².